The van der Waals surface area contributed by atoms with Crippen molar-refractivity contribution < 1.29 is 23.1 Å². The molecular weight excluding hydrogens is 387 g/mol. The average Bonchev–Trinajstić information content (AvgIpc) is 2.72. The number of rotatable bonds is 12. The van der Waals surface area contributed by atoms with E-state index in [9.17, 15) is 9.36 Å². The molecule has 2 rings (SSSR count). The van der Waals surface area contributed by atoms with Gasteiger partial charge in [-0.1, -0.05) is 60.7 Å². The van der Waals surface area contributed by atoms with Crippen LogP contribution in [-0.2, 0) is 24.0 Å². The molecule has 0 heterocycles. The van der Waals surface area contributed by atoms with Gasteiger partial charge in [0.2, 0.25) is 0 Å². The Hall–Kier alpha value is -1.78. The molecule has 29 heavy (non-hydrogen) atoms. The molecule has 6 heteroatoms. The van der Waals surface area contributed by atoms with Crippen LogP contribution < -0.4 is 0 Å². The smallest absolute Gasteiger partial charge is 0.330 e. The molecule has 0 spiro atoms. The van der Waals surface area contributed by atoms with E-state index in [1.54, 1.807) is 26.0 Å². The number of ether oxygens (including phenoxy) is 1. The van der Waals surface area contributed by atoms with Crippen molar-refractivity contribution >= 4 is 13.4 Å². The van der Waals surface area contributed by atoms with Gasteiger partial charge in [-0.3, -0.25) is 9.36 Å². The number of carbonyl (C=O) groups excluding carboxylic acids is 1. The molecule has 1 atom stereocenters. The summed E-state index contributed by atoms with van der Waals surface area (Å²) in [7, 11) is -3.34. The second-order valence-corrected chi connectivity index (χ2v) is 9.16. The minimum absolute atomic E-state index is 0.0782. The van der Waals surface area contributed by atoms with Gasteiger partial charge >= 0.3 is 7.60 Å². The zero-order valence-electron chi connectivity index (χ0n) is 17.7. The predicted octanol–water partition coefficient (Wildman–Crippen LogP) is 5.85. The Balaban J connectivity index is 2.53. The van der Waals surface area contributed by atoms with Crippen LogP contribution in [0.1, 0.15) is 50.0 Å². The Kier molecular flexibility index (Phi) is 8.79. The van der Waals surface area contributed by atoms with Gasteiger partial charge in [0.15, 0.2) is 11.4 Å². The van der Waals surface area contributed by atoms with E-state index in [4.69, 9.17) is 13.8 Å². The van der Waals surface area contributed by atoms with Gasteiger partial charge in [0.05, 0.1) is 25.5 Å². The number of hydrogen-bond acceptors (Lipinski definition) is 5. The summed E-state index contributed by atoms with van der Waals surface area (Å²) in [6.45, 7) is 7.87. The lowest BCUT2D eigenvalue weighted by Gasteiger charge is -2.36. The molecule has 0 aliphatic heterocycles. The van der Waals surface area contributed by atoms with E-state index in [-0.39, 0.29) is 37.7 Å². The lowest BCUT2D eigenvalue weighted by Crippen LogP contribution is -2.42. The number of Topliss-reactive ketones (excluding diaryl/α,β-unsaturated/α-hetero) is 1. The Morgan fingerprint density at radius 3 is 1.93 bits per heavy atom. The molecule has 0 amide bonds. The van der Waals surface area contributed by atoms with Crippen molar-refractivity contribution in [1.29, 1.82) is 0 Å². The van der Waals surface area contributed by atoms with Crippen LogP contribution in [0.5, 0.6) is 0 Å². The van der Waals surface area contributed by atoms with Gasteiger partial charge in [-0.2, -0.15) is 0 Å². The molecule has 2 aromatic carbocycles. The molecule has 0 bridgehead atoms. The highest BCUT2D eigenvalue weighted by atomic mass is 31.2. The molecule has 0 fully saturated rings. The largest absolute Gasteiger partial charge is 0.359 e. The fourth-order valence-corrected chi connectivity index (χ4v) is 5.06. The van der Waals surface area contributed by atoms with Crippen LogP contribution in [0.3, 0.4) is 0 Å². The van der Waals surface area contributed by atoms with Gasteiger partial charge in [0.25, 0.3) is 0 Å². The SMILES string of the molecule is CCOP(=O)(CCC(OC(C)C)(C(=O)c1ccccc1)c1ccccc1)OCC. The van der Waals surface area contributed by atoms with Gasteiger partial charge in [-0.25, -0.2) is 0 Å². The van der Waals surface area contributed by atoms with Crippen molar-refractivity contribution in [2.45, 2.75) is 45.8 Å². The van der Waals surface area contributed by atoms with Crippen LogP contribution >= 0.6 is 7.60 Å². The monoisotopic (exact) mass is 418 g/mol. The Morgan fingerprint density at radius 1 is 0.931 bits per heavy atom. The van der Waals surface area contributed by atoms with Crippen LogP contribution in [0.15, 0.2) is 60.7 Å². The highest BCUT2D eigenvalue weighted by Crippen LogP contribution is 2.51. The van der Waals surface area contributed by atoms with E-state index in [1.165, 1.54) is 0 Å². The molecule has 158 valence electrons. The highest BCUT2D eigenvalue weighted by molar-refractivity contribution is 7.53. The van der Waals surface area contributed by atoms with Crippen LogP contribution in [0.2, 0.25) is 0 Å². The van der Waals surface area contributed by atoms with Crippen LogP contribution in [0.25, 0.3) is 0 Å². The van der Waals surface area contributed by atoms with Gasteiger partial charge in [0, 0.05) is 5.56 Å². The zero-order chi connectivity index (χ0) is 21.3. The lowest BCUT2D eigenvalue weighted by atomic mass is 9.83. The number of ketones is 1. The summed E-state index contributed by atoms with van der Waals surface area (Å²) in [6, 6.07) is 18.4. The van der Waals surface area contributed by atoms with Crippen molar-refractivity contribution in [3.63, 3.8) is 0 Å². The summed E-state index contributed by atoms with van der Waals surface area (Å²) in [5.41, 5.74) is -0.0255. The molecule has 5 nitrogen and oxygen atoms in total. The van der Waals surface area contributed by atoms with E-state index >= 15 is 0 Å². The van der Waals surface area contributed by atoms with Gasteiger partial charge < -0.3 is 13.8 Å². The van der Waals surface area contributed by atoms with Gasteiger partial charge in [0.1, 0.15) is 0 Å². The highest BCUT2D eigenvalue weighted by Gasteiger charge is 2.44. The van der Waals surface area contributed by atoms with E-state index in [1.807, 2.05) is 62.4 Å². The molecule has 2 aromatic rings. The van der Waals surface area contributed by atoms with Crippen LogP contribution in [0.4, 0.5) is 0 Å². The van der Waals surface area contributed by atoms with Crippen molar-refractivity contribution in [1.82, 2.24) is 0 Å². The molecule has 0 aromatic heterocycles. The molecule has 1 unspecified atom stereocenters. The fourth-order valence-electron chi connectivity index (χ4n) is 3.36. The third-order valence-corrected chi connectivity index (χ3v) is 6.54. The first-order valence-electron chi connectivity index (χ1n) is 10.1. The predicted molar refractivity (Wildman–Crippen MR) is 115 cm³/mol. The minimum Gasteiger partial charge on any atom is -0.359 e. The summed E-state index contributed by atoms with van der Waals surface area (Å²) in [4.78, 5) is 13.7. The van der Waals surface area contributed by atoms with E-state index in [0.29, 0.717) is 5.56 Å². The van der Waals surface area contributed by atoms with Crippen molar-refractivity contribution in [3.8, 4) is 0 Å². The van der Waals surface area contributed by atoms with Crippen molar-refractivity contribution in [2.75, 3.05) is 19.4 Å². The van der Waals surface area contributed by atoms with E-state index in [2.05, 4.69) is 0 Å². The fraction of sp³-hybridized carbons (Fsp3) is 0.435. The average molecular weight is 418 g/mol. The Morgan fingerprint density at radius 2 is 1.45 bits per heavy atom. The van der Waals surface area contributed by atoms with Gasteiger partial charge in [-0.15, -0.1) is 0 Å². The number of carbonyl (C=O) groups is 1. The summed E-state index contributed by atoms with van der Waals surface area (Å²) >= 11 is 0. The second kappa shape index (κ2) is 10.8. The van der Waals surface area contributed by atoms with Crippen molar-refractivity contribution in [3.05, 3.63) is 71.8 Å². The first kappa shape index (κ1) is 23.5. The van der Waals surface area contributed by atoms with Crippen LogP contribution in [0, 0.1) is 0 Å². The van der Waals surface area contributed by atoms with Crippen LogP contribution in [-0.4, -0.2) is 31.3 Å². The molecule has 0 saturated carbocycles. The number of benzene rings is 2. The minimum atomic E-state index is -3.34. The maximum absolute atomic E-state index is 13.7. The lowest BCUT2D eigenvalue weighted by molar-refractivity contribution is -0.0635. The first-order chi connectivity index (χ1) is 13.9. The summed E-state index contributed by atoms with van der Waals surface area (Å²) in [5, 5.41) is 0. The molecule has 0 saturated heterocycles. The zero-order valence-corrected chi connectivity index (χ0v) is 18.6. The third kappa shape index (κ3) is 6.10. The second-order valence-electron chi connectivity index (χ2n) is 6.97. The molecule has 0 radical (unpaired) electrons. The summed E-state index contributed by atoms with van der Waals surface area (Å²) < 4.78 is 30.4. The summed E-state index contributed by atoms with van der Waals surface area (Å²) in [6.07, 6.45) is 0.0381. The van der Waals surface area contributed by atoms with E-state index in [0.717, 1.165) is 5.56 Å². The Bertz CT molecular complexity index is 797. The quantitative estimate of drug-likeness (QED) is 0.320. The number of hydrogen-bond donors (Lipinski definition) is 0. The Labute approximate surface area is 173 Å². The topological polar surface area (TPSA) is 61.8 Å². The standard InChI is InChI=1S/C23H31O5P/c1-5-26-29(25,27-6-2)18-17-23(28-19(3)4,21-15-11-8-12-16-21)22(24)20-13-9-7-10-14-20/h7-16,19H,5-6,17-18H2,1-4H3. The molecule has 0 N–H and O–H groups in total. The summed E-state index contributed by atoms with van der Waals surface area (Å²) in [5.74, 6) is -0.169. The first-order valence-corrected chi connectivity index (χ1v) is 11.8. The molecule has 0 aliphatic carbocycles. The maximum Gasteiger partial charge on any atom is 0.330 e. The van der Waals surface area contributed by atoms with Gasteiger partial charge in [-0.05, 0) is 39.7 Å². The maximum atomic E-state index is 13.7. The van der Waals surface area contributed by atoms with Crippen molar-refractivity contribution in [2.24, 2.45) is 0 Å². The molecular formula is C23H31O5P. The normalized spacial score (nSPS) is 14.0. The molecule has 0 aliphatic rings. The third-order valence-electron chi connectivity index (χ3n) is 4.47. The van der Waals surface area contributed by atoms with E-state index < -0.39 is 13.2 Å².